The number of pyridine rings is 1. The van der Waals surface area contributed by atoms with Gasteiger partial charge >= 0.3 is 11.9 Å². The Morgan fingerprint density at radius 1 is 1.02 bits per heavy atom. The van der Waals surface area contributed by atoms with Crippen molar-refractivity contribution < 1.29 is 42.9 Å². The molecule has 2 aromatic rings. The summed E-state index contributed by atoms with van der Waals surface area (Å²) in [6.07, 6.45) is 5.11. The summed E-state index contributed by atoms with van der Waals surface area (Å²) in [7, 11) is 4.55. The Balaban J connectivity index is 1.29. The van der Waals surface area contributed by atoms with Crippen LogP contribution >= 0.6 is 11.6 Å². The van der Waals surface area contributed by atoms with E-state index in [1.807, 2.05) is 39.8 Å². The summed E-state index contributed by atoms with van der Waals surface area (Å²) in [6.45, 7) is 8.48. The lowest BCUT2D eigenvalue weighted by Gasteiger charge is -2.35. The van der Waals surface area contributed by atoms with Crippen molar-refractivity contribution in [2.45, 2.75) is 110 Å². The lowest BCUT2D eigenvalue weighted by Crippen LogP contribution is -2.48. The van der Waals surface area contributed by atoms with E-state index in [-0.39, 0.29) is 55.5 Å². The maximum atomic E-state index is 14.7. The van der Waals surface area contributed by atoms with Gasteiger partial charge in [0.05, 0.1) is 50.1 Å². The second-order valence-electron chi connectivity index (χ2n) is 16.7. The Labute approximate surface area is 317 Å². The summed E-state index contributed by atoms with van der Waals surface area (Å²) < 4.78 is 28.5. The first-order valence-corrected chi connectivity index (χ1v) is 19.5. The molecule has 6 rings (SSSR count). The third-order valence-electron chi connectivity index (χ3n) is 12.1. The molecule has 290 valence electrons. The number of carbonyl (C=O) groups is 4. The number of aromatic nitrogens is 1. The molecule has 0 bridgehead atoms. The van der Waals surface area contributed by atoms with Gasteiger partial charge in [-0.1, -0.05) is 45.7 Å². The minimum Gasteiger partial charge on any atom is -0.495 e. The van der Waals surface area contributed by atoms with E-state index in [9.17, 15) is 19.2 Å². The maximum absolute atomic E-state index is 14.7. The Kier molecular flexibility index (Phi) is 11.7. The van der Waals surface area contributed by atoms with Gasteiger partial charge in [0.25, 0.3) is 0 Å². The first kappa shape index (κ1) is 39.3. The molecule has 11 nitrogen and oxygen atoms in total. The highest BCUT2D eigenvalue weighted by Crippen LogP contribution is 2.58. The van der Waals surface area contributed by atoms with Gasteiger partial charge in [0, 0.05) is 43.7 Å². The van der Waals surface area contributed by atoms with E-state index < -0.39 is 34.9 Å². The SMILES string of the molecule is CC[C@@H]1C[C@]1(CC(=O)[C@@H]1C[C@@H](Oc2cc(CCCOC)nc3c(Cl)c(OC)ccc23)CN1C(=O)[C@@H](CC(=O)OC1C[C@@H]2C[C@@H]2C1)C(C)(C)C)C(=O)OC. The lowest BCUT2D eigenvalue weighted by molar-refractivity contribution is -0.157. The van der Waals surface area contributed by atoms with E-state index in [2.05, 4.69) is 0 Å². The van der Waals surface area contributed by atoms with Crippen LogP contribution in [0.25, 0.3) is 10.9 Å². The van der Waals surface area contributed by atoms with Crippen LogP contribution in [-0.4, -0.2) is 86.2 Å². The second kappa shape index (κ2) is 15.7. The molecule has 1 aliphatic heterocycles. The van der Waals surface area contributed by atoms with E-state index >= 15 is 0 Å². The number of carbonyl (C=O) groups excluding carboxylic acids is 4. The normalized spacial score (nSPS) is 28.0. The first-order valence-electron chi connectivity index (χ1n) is 19.2. The number of nitrogens with zero attached hydrogens (tertiary/aromatic N) is 2. The average Bonchev–Trinajstić information content (AvgIpc) is 3.93. The Morgan fingerprint density at radius 3 is 2.38 bits per heavy atom. The largest absolute Gasteiger partial charge is 0.495 e. The molecule has 1 saturated heterocycles. The molecule has 53 heavy (non-hydrogen) atoms. The Bertz CT molecular complexity index is 1710. The smallest absolute Gasteiger partial charge is 0.312 e. The molecule has 8 atom stereocenters. The summed E-state index contributed by atoms with van der Waals surface area (Å²) >= 11 is 6.76. The summed E-state index contributed by atoms with van der Waals surface area (Å²) in [5.41, 5.74) is -0.216. The fourth-order valence-corrected chi connectivity index (χ4v) is 9.14. The zero-order chi connectivity index (χ0) is 38.2. The maximum Gasteiger partial charge on any atom is 0.312 e. The van der Waals surface area contributed by atoms with Crippen LogP contribution in [-0.2, 0) is 39.8 Å². The second-order valence-corrected chi connectivity index (χ2v) is 17.1. The molecule has 2 heterocycles. The Hall–Kier alpha value is -3.44. The molecule has 1 aromatic carbocycles. The molecule has 1 aromatic heterocycles. The average molecular weight is 755 g/mol. The number of aryl methyl sites for hydroxylation is 1. The van der Waals surface area contributed by atoms with Gasteiger partial charge in [0.2, 0.25) is 5.91 Å². The van der Waals surface area contributed by atoms with Gasteiger partial charge < -0.3 is 28.6 Å². The summed E-state index contributed by atoms with van der Waals surface area (Å²) in [6, 6.07) is 4.63. The number of hydrogen-bond donors (Lipinski definition) is 0. The van der Waals surface area contributed by atoms with Crippen molar-refractivity contribution in [3.63, 3.8) is 0 Å². The molecule has 0 radical (unpaired) electrons. The predicted molar refractivity (Wildman–Crippen MR) is 199 cm³/mol. The monoisotopic (exact) mass is 754 g/mol. The number of methoxy groups -OCH3 is 3. The number of amides is 1. The van der Waals surface area contributed by atoms with E-state index in [1.165, 1.54) is 13.5 Å². The molecular weight excluding hydrogens is 700 g/mol. The summed E-state index contributed by atoms with van der Waals surface area (Å²) in [5.74, 6) is 0.349. The lowest BCUT2D eigenvalue weighted by atomic mass is 9.77. The van der Waals surface area contributed by atoms with E-state index in [1.54, 1.807) is 25.2 Å². The number of ketones is 1. The number of ether oxygens (including phenoxy) is 5. The van der Waals surface area contributed by atoms with Crippen LogP contribution < -0.4 is 9.47 Å². The molecule has 4 aliphatic rings. The van der Waals surface area contributed by atoms with Crippen molar-refractivity contribution in [2.75, 3.05) is 34.5 Å². The number of likely N-dealkylation sites (tertiary alicyclic amines) is 1. The van der Waals surface area contributed by atoms with Crippen molar-refractivity contribution in [2.24, 2.45) is 34.5 Å². The minimum absolute atomic E-state index is 0.0250. The third-order valence-corrected chi connectivity index (χ3v) is 12.5. The van der Waals surface area contributed by atoms with Crippen molar-refractivity contribution in [1.29, 1.82) is 0 Å². The predicted octanol–water partition coefficient (Wildman–Crippen LogP) is 6.77. The molecule has 0 spiro atoms. The highest BCUT2D eigenvalue weighted by atomic mass is 35.5. The standard InChI is InChI=1S/C41H55ClN2O9/c1-8-25-20-41(25,39(48)51-7)21-32(45)31-18-28(52-34-17-26(10-9-13-49-5)43-37-29(34)11-12-33(50-6)36(37)42)22-44(31)38(47)30(40(2,3)4)19-35(46)53-27-15-23-14-24(23)16-27/h11-12,17,23-25,27-28,30-31H,8-10,13-16,18-22H2,1-7H3/t23-,24+,25-,27?,28-,30-,31+,41-/m1/s1. The Morgan fingerprint density at radius 2 is 1.75 bits per heavy atom. The fraction of sp³-hybridized carbons (Fsp3) is 0.683. The van der Waals surface area contributed by atoms with Crippen LogP contribution in [0.4, 0.5) is 0 Å². The number of esters is 2. The molecule has 1 unspecified atom stereocenters. The molecule has 1 amide bonds. The van der Waals surface area contributed by atoms with Gasteiger partial charge in [-0.3, -0.25) is 24.2 Å². The zero-order valence-corrected chi connectivity index (χ0v) is 33.0. The third kappa shape index (κ3) is 8.31. The van der Waals surface area contributed by atoms with Crippen molar-refractivity contribution in [3.05, 3.63) is 28.9 Å². The van der Waals surface area contributed by atoms with E-state index in [0.29, 0.717) is 58.7 Å². The number of fused-ring (bicyclic) bond motifs is 2. The molecule has 3 aliphatic carbocycles. The number of rotatable bonds is 16. The molecular formula is C41H55ClN2O9. The van der Waals surface area contributed by atoms with Gasteiger partial charge in [-0.25, -0.2) is 0 Å². The van der Waals surface area contributed by atoms with Crippen LogP contribution in [0.3, 0.4) is 0 Å². The van der Waals surface area contributed by atoms with Gasteiger partial charge in [-0.15, -0.1) is 0 Å². The number of hydrogen-bond acceptors (Lipinski definition) is 10. The number of halogens is 1. The summed E-state index contributed by atoms with van der Waals surface area (Å²) in [4.78, 5) is 61.9. The van der Waals surface area contributed by atoms with Crippen LogP contribution in [0.1, 0.15) is 91.2 Å². The fourth-order valence-electron chi connectivity index (χ4n) is 8.86. The van der Waals surface area contributed by atoms with Crippen LogP contribution in [0, 0.1) is 34.5 Å². The minimum atomic E-state index is -0.891. The molecule has 12 heteroatoms. The number of Topliss-reactive ketones (excluding diaryl/α,β-unsaturated/α-hetero) is 1. The van der Waals surface area contributed by atoms with Crippen molar-refractivity contribution in [3.8, 4) is 11.5 Å². The molecule has 4 fully saturated rings. The van der Waals surface area contributed by atoms with E-state index in [4.69, 9.17) is 40.3 Å². The van der Waals surface area contributed by atoms with Crippen LogP contribution in [0.5, 0.6) is 11.5 Å². The van der Waals surface area contributed by atoms with Gasteiger partial charge in [0.1, 0.15) is 28.7 Å². The van der Waals surface area contributed by atoms with Gasteiger partial charge in [-0.2, -0.15) is 0 Å². The van der Waals surface area contributed by atoms with E-state index in [0.717, 1.165) is 31.4 Å². The molecule has 0 N–H and O–H groups in total. The molecule has 3 saturated carbocycles. The first-order chi connectivity index (χ1) is 25.2. The highest BCUT2D eigenvalue weighted by molar-refractivity contribution is 6.36. The van der Waals surface area contributed by atoms with Gasteiger partial charge in [0.15, 0.2) is 5.78 Å². The highest BCUT2D eigenvalue weighted by Gasteiger charge is 2.62. The van der Waals surface area contributed by atoms with Gasteiger partial charge in [-0.05, 0) is 73.8 Å². The van der Waals surface area contributed by atoms with Crippen molar-refractivity contribution >= 4 is 46.1 Å². The van der Waals surface area contributed by atoms with Crippen LogP contribution in [0.2, 0.25) is 5.02 Å². The summed E-state index contributed by atoms with van der Waals surface area (Å²) in [5, 5.41) is 1.03. The quantitative estimate of drug-likeness (QED) is 0.134. The topological polar surface area (TPSA) is 131 Å². The number of benzene rings is 1. The zero-order valence-electron chi connectivity index (χ0n) is 32.2. The van der Waals surface area contributed by atoms with Crippen LogP contribution in [0.15, 0.2) is 18.2 Å². The van der Waals surface area contributed by atoms with Crippen molar-refractivity contribution in [1.82, 2.24) is 9.88 Å².